The van der Waals surface area contributed by atoms with E-state index in [1.54, 1.807) is 83.1 Å². The van der Waals surface area contributed by atoms with Crippen LogP contribution >= 0.6 is 0 Å². The molecule has 0 saturated heterocycles. The fourth-order valence-electron chi connectivity index (χ4n) is 10.5. The normalized spacial score (nSPS) is 12.7. The molecule has 0 heterocycles. The molecular weight excluding hydrogens is 1080 g/mol. The third-order valence-electron chi connectivity index (χ3n) is 15.1. The summed E-state index contributed by atoms with van der Waals surface area (Å²) in [6.07, 6.45) is -6.94. The Labute approximate surface area is 458 Å². The summed E-state index contributed by atoms with van der Waals surface area (Å²) in [5, 5.41) is 0. The van der Waals surface area contributed by atoms with Crippen molar-refractivity contribution in [2.45, 2.75) is 105 Å². The Kier molecular flexibility index (Phi) is 15.2. The number of benzene rings is 8. The molecule has 8 aromatic rings. The first kappa shape index (κ1) is 59.8. The second-order valence-corrected chi connectivity index (χ2v) is 24.4. The molecule has 0 amide bonds. The van der Waals surface area contributed by atoms with Gasteiger partial charge in [-0.15, -0.1) is 21.9 Å². The zero-order valence-corrected chi connectivity index (χ0v) is 45.9. The van der Waals surface area contributed by atoms with Crippen molar-refractivity contribution >= 4 is 28.0 Å². The Bertz CT molecular complexity index is 3200. The number of hydrogen-bond acceptors (Lipinski definition) is 0. The van der Waals surface area contributed by atoms with Crippen molar-refractivity contribution in [3.63, 3.8) is 0 Å². The standard InChI is InChI=1S/C64H52BF16/c1-61(2,3)33-21-13-29(14-22-33)37-45(66)53(74)41(54(75)46(37)67)65(42-55(76)47(68)38(48(69)56(42)77)30-15-23-34(24-16-30)62(4,5)6,43-57(78)49(70)39(50(71)58(43)79)31-17-25-35(26-18-31)63(7,8)9)44-59(80)51(72)40(52(73)60(44)81)32-19-27-36(28-20-32)64(10,11)12/h13-28H,1-12H3/q-1. The minimum atomic E-state index is -6.94. The first-order valence-electron chi connectivity index (χ1n) is 25.5. The topological polar surface area (TPSA) is 0 Å². The van der Waals surface area contributed by atoms with Gasteiger partial charge in [-0.25, -0.2) is 70.2 Å². The molecule has 0 N–H and O–H groups in total. The maximum Gasteiger partial charge on any atom is 0.166 e. The summed E-state index contributed by atoms with van der Waals surface area (Å²) in [4.78, 5) is 0. The lowest BCUT2D eigenvalue weighted by Gasteiger charge is -2.45. The summed E-state index contributed by atoms with van der Waals surface area (Å²) >= 11 is 0. The lowest BCUT2D eigenvalue weighted by Crippen LogP contribution is -2.81. The summed E-state index contributed by atoms with van der Waals surface area (Å²) in [5.41, 5.74) is -22.9. The van der Waals surface area contributed by atoms with E-state index in [1.165, 1.54) is 48.5 Å². The first-order chi connectivity index (χ1) is 37.4. The van der Waals surface area contributed by atoms with Gasteiger partial charge in [0.2, 0.25) is 0 Å². The van der Waals surface area contributed by atoms with Gasteiger partial charge in [-0.1, -0.05) is 180 Å². The maximum absolute atomic E-state index is 18.0. The molecule has 81 heavy (non-hydrogen) atoms. The van der Waals surface area contributed by atoms with Crippen LogP contribution in [0.2, 0.25) is 0 Å². The minimum absolute atomic E-state index is 0.461. The molecule has 0 bridgehead atoms. The molecule has 0 fully saturated rings. The van der Waals surface area contributed by atoms with Crippen molar-refractivity contribution in [2.24, 2.45) is 0 Å². The van der Waals surface area contributed by atoms with Gasteiger partial charge in [0, 0.05) is 0 Å². The molecule has 0 spiro atoms. The van der Waals surface area contributed by atoms with Gasteiger partial charge in [0.1, 0.15) is 52.7 Å². The Morgan fingerprint density at radius 1 is 0.198 bits per heavy atom. The zero-order chi connectivity index (χ0) is 60.3. The molecule has 0 aliphatic rings. The van der Waals surface area contributed by atoms with Crippen LogP contribution in [0.15, 0.2) is 97.1 Å². The fraction of sp³-hybridized carbons (Fsp3) is 0.250. The van der Waals surface area contributed by atoms with Gasteiger partial charge in [-0.2, -0.15) is 0 Å². The van der Waals surface area contributed by atoms with Crippen molar-refractivity contribution in [3.05, 3.63) is 212 Å². The third-order valence-corrected chi connectivity index (χ3v) is 15.1. The first-order valence-corrected chi connectivity index (χ1v) is 25.5. The summed E-state index contributed by atoms with van der Waals surface area (Å²) in [7, 11) is 0. The van der Waals surface area contributed by atoms with E-state index < -0.39 is 187 Å². The van der Waals surface area contributed by atoms with Gasteiger partial charge in [-0.3, -0.25) is 0 Å². The summed E-state index contributed by atoms with van der Waals surface area (Å²) in [6, 6.07) is 17.3. The van der Waals surface area contributed by atoms with Crippen LogP contribution in [0.1, 0.15) is 105 Å². The molecule has 8 aromatic carbocycles. The molecule has 8 rings (SSSR count). The molecule has 0 atom stereocenters. The van der Waals surface area contributed by atoms with Crippen LogP contribution in [0.3, 0.4) is 0 Å². The monoisotopic (exact) mass is 1140 g/mol. The average molecular weight is 1140 g/mol. The Balaban J connectivity index is 1.65. The van der Waals surface area contributed by atoms with E-state index in [2.05, 4.69) is 0 Å². The van der Waals surface area contributed by atoms with Crippen LogP contribution < -0.4 is 21.9 Å². The third kappa shape index (κ3) is 9.79. The van der Waals surface area contributed by atoms with Gasteiger partial charge >= 0.3 is 0 Å². The number of halogens is 16. The van der Waals surface area contributed by atoms with Crippen LogP contribution in [0.25, 0.3) is 44.5 Å². The van der Waals surface area contributed by atoms with Crippen molar-refractivity contribution in [1.82, 2.24) is 0 Å². The zero-order valence-electron chi connectivity index (χ0n) is 45.9. The molecule has 17 heteroatoms. The predicted octanol–water partition coefficient (Wildman–Crippen LogP) is 17.1. The largest absolute Gasteiger partial charge is 0.207 e. The SMILES string of the molecule is CC(C)(C)c1ccc(-c2c(F)c(F)c([B-](c3c(F)c(F)c(-c4ccc(C(C)(C)C)cc4)c(F)c3F)(c3c(F)c(F)c(-c4ccc(C(C)(C)C)cc4)c(F)c3F)c3c(F)c(F)c(-c4ccc(C(C)(C)C)cc4)c(F)c3F)c(F)c2F)cc1. The van der Waals surface area contributed by atoms with Crippen LogP contribution in [-0.2, 0) is 21.7 Å². The highest BCUT2D eigenvalue weighted by atomic mass is 19.2. The molecule has 424 valence electrons. The Morgan fingerprint density at radius 3 is 0.432 bits per heavy atom. The second-order valence-electron chi connectivity index (χ2n) is 24.4. The molecular formula is C64H52BF16-. The van der Waals surface area contributed by atoms with E-state index in [-0.39, 0.29) is 0 Å². The number of hydrogen-bond donors (Lipinski definition) is 0. The van der Waals surface area contributed by atoms with Gasteiger partial charge in [0.05, 0.1) is 22.3 Å². The van der Waals surface area contributed by atoms with Gasteiger partial charge in [0.25, 0.3) is 0 Å². The van der Waals surface area contributed by atoms with Gasteiger partial charge < -0.3 is 0 Å². The van der Waals surface area contributed by atoms with Crippen molar-refractivity contribution in [1.29, 1.82) is 0 Å². The highest BCUT2D eigenvalue weighted by molar-refractivity contribution is 7.20. The molecule has 0 radical (unpaired) electrons. The van der Waals surface area contributed by atoms with E-state index in [1.807, 2.05) is 0 Å². The van der Waals surface area contributed by atoms with Crippen LogP contribution in [0.4, 0.5) is 70.2 Å². The molecule has 0 aliphatic heterocycles. The van der Waals surface area contributed by atoms with E-state index in [4.69, 9.17) is 0 Å². The van der Waals surface area contributed by atoms with Crippen LogP contribution in [0.5, 0.6) is 0 Å². The highest BCUT2D eigenvalue weighted by Gasteiger charge is 2.52. The van der Waals surface area contributed by atoms with E-state index >= 15 is 70.2 Å². The minimum Gasteiger partial charge on any atom is -0.207 e. The van der Waals surface area contributed by atoms with Crippen LogP contribution in [0, 0.1) is 93.1 Å². The lowest BCUT2D eigenvalue weighted by atomic mass is 9.12. The van der Waals surface area contributed by atoms with Crippen molar-refractivity contribution < 1.29 is 70.2 Å². The average Bonchev–Trinajstić information content (AvgIpc) is 3.59. The van der Waals surface area contributed by atoms with E-state index in [0.29, 0.717) is 22.3 Å². The molecule has 0 aliphatic carbocycles. The molecule has 0 nitrogen and oxygen atoms in total. The molecule has 0 unspecified atom stereocenters. The maximum atomic E-state index is 18.0. The Morgan fingerprint density at radius 2 is 0.321 bits per heavy atom. The van der Waals surface area contributed by atoms with E-state index in [0.717, 1.165) is 48.5 Å². The van der Waals surface area contributed by atoms with Crippen molar-refractivity contribution in [2.75, 3.05) is 0 Å². The quantitative estimate of drug-likeness (QED) is 0.0808. The lowest BCUT2D eigenvalue weighted by molar-refractivity contribution is 0.457. The highest BCUT2D eigenvalue weighted by Crippen LogP contribution is 2.40. The van der Waals surface area contributed by atoms with Gasteiger partial charge in [-0.05, 0) is 66.2 Å². The number of rotatable bonds is 8. The molecule has 0 aromatic heterocycles. The van der Waals surface area contributed by atoms with Crippen LogP contribution in [-0.4, -0.2) is 6.15 Å². The smallest absolute Gasteiger partial charge is 0.166 e. The summed E-state index contributed by atoms with van der Waals surface area (Å²) in [5.74, 6) is -46.8. The Hall–Kier alpha value is -7.30. The summed E-state index contributed by atoms with van der Waals surface area (Å²) < 4.78 is 282. The van der Waals surface area contributed by atoms with Crippen molar-refractivity contribution in [3.8, 4) is 44.5 Å². The summed E-state index contributed by atoms with van der Waals surface area (Å²) in [6.45, 7) is 20.5. The molecule has 0 saturated carbocycles. The second kappa shape index (κ2) is 20.6. The van der Waals surface area contributed by atoms with Gasteiger partial charge in [0.15, 0.2) is 46.5 Å². The fourth-order valence-corrected chi connectivity index (χ4v) is 10.5. The predicted molar refractivity (Wildman–Crippen MR) is 286 cm³/mol. The van der Waals surface area contributed by atoms with E-state index in [9.17, 15) is 0 Å².